The number of aryl methyl sites for hydroxylation is 1. The number of carbonyl (C=O) groups is 2. The number of methoxy groups -OCH3 is 1. The van der Waals surface area contributed by atoms with Gasteiger partial charge in [0.05, 0.1) is 25.3 Å². The summed E-state index contributed by atoms with van der Waals surface area (Å²) < 4.78 is 12.2. The molecular weight excluding hydrogens is 288 g/mol. The maximum Gasteiger partial charge on any atom is 0.261 e. The Morgan fingerprint density at radius 2 is 2.32 bits per heavy atom. The fraction of sp³-hybridized carbons (Fsp3) is 0.643. The average Bonchev–Trinajstić information content (AvgIpc) is 3.07. The molecule has 2 atom stereocenters. The Labute approximate surface area is 128 Å². The smallest absolute Gasteiger partial charge is 0.261 e. The Morgan fingerprint density at radius 3 is 2.95 bits per heavy atom. The highest BCUT2D eigenvalue weighted by Crippen LogP contribution is 2.42. The van der Waals surface area contributed by atoms with Crippen LogP contribution in [-0.2, 0) is 16.6 Å². The van der Waals surface area contributed by atoms with Crippen LogP contribution in [0.1, 0.15) is 16.8 Å². The fourth-order valence-electron chi connectivity index (χ4n) is 3.49. The van der Waals surface area contributed by atoms with E-state index < -0.39 is 5.41 Å². The lowest BCUT2D eigenvalue weighted by Crippen LogP contribution is -2.48. The molecule has 2 saturated heterocycles. The van der Waals surface area contributed by atoms with Gasteiger partial charge in [-0.3, -0.25) is 9.59 Å². The second-order valence-corrected chi connectivity index (χ2v) is 5.92. The van der Waals surface area contributed by atoms with E-state index in [0.717, 1.165) is 0 Å². The first-order chi connectivity index (χ1) is 10.5. The molecule has 0 spiro atoms. The van der Waals surface area contributed by atoms with Crippen molar-refractivity contribution >= 4 is 11.8 Å². The zero-order chi connectivity index (χ0) is 15.9. The number of amides is 2. The number of carbonyl (C=O) groups excluding carboxylic acids is 2. The van der Waals surface area contributed by atoms with E-state index in [0.29, 0.717) is 44.2 Å². The largest absolute Gasteiger partial charge is 0.481 e. The first kappa shape index (κ1) is 14.8. The highest BCUT2D eigenvalue weighted by Gasteiger charge is 2.53. The molecule has 3 heterocycles. The summed E-state index contributed by atoms with van der Waals surface area (Å²) >= 11 is 0. The molecule has 2 N–H and O–H groups in total. The van der Waals surface area contributed by atoms with E-state index in [2.05, 4.69) is 5.10 Å². The van der Waals surface area contributed by atoms with E-state index in [1.165, 1.54) is 18.0 Å². The molecule has 8 nitrogen and oxygen atoms in total. The molecule has 0 aliphatic carbocycles. The second kappa shape index (κ2) is 5.28. The Bertz CT molecular complexity index is 614. The van der Waals surface area contributed by atoms with Crippen molar-refractivity contribution in [1.82, 2.24) is 14.7 Å². The number of hydrogen-bond acceptors (Lipinski definition) is 5. The van der Waals surface area contributed by atoms with Gasteiger partial charge in [-0.15, -0.1) is 0 Å². The lowest BCUT2D eigenvalue weighted by Gasteiger charge is -2.34. The summed E-state index contributed by atoms with van der Waals surface area (Å²) in [6.45, 7) is 1.74. The van der Waals surface area contributed by atoms with Crippen LogP contribution < -0.4 is 10.5 Å². The number of nitrogens with zero attached hydrogens (tertiary/aromatic N) is 3. The number of primary amides is 1. The van der Waals surface area contributed by atoms with Crippen LogP contribution >= 0.6 is 0 Å². The highest BCUT2D eigenvalue weighted by atomic mass is 16.5. The first-order valence-corrected chi connectivity index (χ1v) is 7.22. The van der Waals surface area contributed by atoms with Crippen molar-refractivity contribution in [2.24, 2.45) is 24.1 Å². The van der Waals surface area contributed by atoms with Crippen molar-refractivity contribution in [3.05, 3.63) is 11.8 Å². The number of likely N-dealkylation sites (tertiary alicyclic amines) is 1. The van der Waals surface area contributed by atoms with E-state index in [4.69, 9.17) is 15.2 Å². The predicted molar refractivity (Wildman–Crippen MR) is 76.2 cm³/mol. The average molecular weight is 308 g/mol. The lowest BCUT2D eigenvalue weighted by molar-refractivity contribution is -0.135. The van der Waals surface area contributed by atoms with Gasteiger partial charge in [0.2, 0.25) is 11.8 Å². The number of ether oxygens (including phenoxy) is 2. The second-order valence-electron chi connectivity index (χ2n) is 5.92. The third-order valence-corrected chi connectivity index (χ3v) is 4.79. The fourth-order valence-corrected chi connectivity index (χ4v) is 3.49. The molecule has 0 aromatic carbocycles. The topological polar surface area (TPSA) is 99.7 Å². The molecule has 3 rings (SSSR count). The van der Waals surface area contributed by atoms with Crippen molar-refractivity contribution in [3.63, 3.8) is 0 Å². The maximum atomic E-state index is 12.7. The van der Waals surface area contributed by atoms with Gasteiger partial charge >= 0.3 is 0 Å². The molecule has 0 saturated carbocycles. The maximum absolute atomic E-state index is 12.7. The van der Waals surface area contributed by atoms with Crippen LogP contribution in [0.4, 0.5) is 0 Å². The van der Waals surface area contributed by atoms with Gasteiger partial charge in [-0.25, -0.2) is 4.68 Å². The van der Waals surface area contributed by atoms with Gasteiger partial charge < -0.3 is 20.1 Å². The number of fused-ring (bicyclic) bond motifs is 1. The molecule has 2 aliphatic rings. The van der Waals surface area contributed by atoms with Crippen molar-refractivity contribution in [1.29, 1.82) is 0 Å². The Morgan fingerprint density at radius 1 is 1.55 bits per heavy atom. The van der Waals surface area contributed by atoms with Gasteiger partial charge in [0, 0.05) is 32.7 Å². The van der Waals surface area contributed by atoms with Crippen molar-refractivity contribution in [2.75, 3.05) is 33.4 Å². The van der Waals surface area contributed by atoms with E-state index in [1.54, 1.807) is 11.9 Å². The van der Waals surface area contributed by atoms with Crippen LogP contribution in [0.2, 0.25) is 0 Å². The Kier molecular flexibility index (Phi) is 3.56. The van der Waals surface area contributed by atoms with Crippen LogP contribution in [0.3, 0.4) is 0 Å². The zero-order valence-corrected chi connectivity index (χ0v) is 12.7. The summed E-state index contributed by atoms with van der Waals surface area (Å²) in [5.74, 6) is -0.191. The highest BCUT2D eigenvalue weighted by molar-refractivity contribution is 5.97. The normalized spacial score (nSPS) is 27.5. The van der Waals surface area contributed by atoms with E-state index in [9.17, 15) is 9.59 Å². The Balaban J connectivity index is 1.87. The molecule has 0 radical (unpaired) electrons. The molecule has 0 unspecified atom stereocenters. The van der Waals surface area contributed by atoms with Crippen LogP contribution in [0.25, 0.3) is 0 Å². The molecule has 1 aromatic heterocycles. The number of hydrogen-bond donors (Lipinski definition) is 1. The molecule has 0 bridgehead atoms. The number of nitrogens with two attached hydrogens (primary N) is 1. The van der Waals surface area contributed by atoms with Crippen molar-refractivity contribution in [3.8, 4) is 5.88 Å². The summed E-state index contributed by atoms with van der Waals surface area (Å²) in [5, 5.41) is 4.05. The van der Waals surface area contributed by atoms with E-state index >= 15 is 0 Å². The van der Waals surface area contributed by atoms with E-state index in [-0.39, 0.29) is 17.7 Å². The minimum Gasteiger partial charge on any atom is -0.481 e. The third kappa shape index (κ3) is 2.06. The van der Waals surface area contributed by atoms with Gasteiger partial charge in [-0.2, -0.15) is 5.10 Å². The zero-order valence-electron chi connectivity index (χ0n) is 12.7. The van der Waals surface area contributed by atoms with Crippen LogP contribution in [0.15, 0.2) is 6.20 Å². The molecule has 2 aliphatic heterocycles. The van der Waals surface area contributed by atoms with Gasteiger partial charge in [0.25, 0.3) is 5.91 Å². The van der Waals surface area contributed by atoms with Crippen LogP contribution in [-0.4, -0.2) is 59.9 Å². The molecule has 2 amide bonds. The number of rotatable bonds is 3. The summed E-state index contributed by atoms with van der Waals surface area (Å²) in [7, 11) is 3.20. The van der Waals surface area contributed by atoms with Crippen LogP contribution in [0.5, 0.6) is 5.88 Å². The molecule has 120 valence electrons. The monoisotopic (exact) mass is 308 g/mol. The van der Waals surface area contributed by atoms with Crippen molar-refractivity contribution in [2.45, 2.75) is 6.42 Å². The summed E-state index contributed by atoms with van der Waals surface area (Å²) in [5.41, 5.74) is 5.35. The minimum atomic E-state index is -0.677. The molecule has 2 fully saturated rings. The van der Waals surface area contributed by atoms with Gasteiger partial charge in [0.15, 0.2) is 0 Å². The number of aromatic nitrogens is 2. The van der Waals surface area contributed by atoms with Crippen LogP contribution in [0, 0.1) is 11.3 Å². The summed E-state index contributed by atoms with van der Waals surface area (Å²) in [4.78, 5) is 26.4. The van der Waals surface area contributed by atoms with E-state index in [1.807, 2.05) is 0 Å². The molecule has 8 heteroatoms. The summed E-state index contributed by atoms with van der Waals surface area (Å²) in [6.07, 6.45) is 2.04. The summed E-state index contributed by atoms with van der Waals surface area (Å²) in [6, 6.07) is 0. The Hall–Kier alpha value is -2.09. The lowest BCUT2D eigenvalue weighted by atomic mass is 9.74. The van der Waals surface area contributed by atoms with Gasteiger partial charge in [-0.1, -0.05) is 0 Å². The SMILES string of the molecule is COc1c(C(=O)N2C[C@@H]3COCC[C@]3(C(N)=O)C2)cnn1C. The standard InChI is InChI=1S/C14H20N4O4/c1-17-12(21-2)10(5-16-17)11(19)18-6-9-7-22-4-3-14(9,8-18)13(15)20/h5,9H,3-4,6-8H2,1-2H3,(H2,15,20)/t9-,14+/m1/s1. The quantitative estimate of drug-likeness (QED) is 0.803. The van der Waals surface area contributed by atoms with Gasteiger partial charge in [0.1, 0.15) is 5.56 Å². The molecule has 22 heavy (non-hydrogen) atoms. The molecule has 1 aromatic rings. The minimum absolute atomic E-state index is 0.0506. The van der Waals surface area contributed by atoms with Crippen molar-refractivity contribution < 1.29 is 19.1 Å². The van der Waals surface area contributed by atoms with Gasteiger partial charge in [-0.05, 0) is 6.42 Å². The first-order valence-electron chi connectivity index (χ1n) is 7.22. The predicted octanol–water partition coefficient (Wildman–Crippen LogP) is -0.607. The third-order valence-electron chi connectivity index (χ3n) is 4.79. The molecular formula is C14H20N4O4.